The van der Waals surface area contributed by atoms with Crippen molar-refractivity contribution in [3.63, 3.8) is 0 Å². The SMILES string of the molecule is COc1ccc(C(=O)NCC(=O)N2CCN(c3cccc(C(F)(F)F)c3)CC2)cc1OC. The van der Waals surface area contributed by atoms with Gasteiger partial charge in [0.15, 0.2) is 11.5 Å². The zero-order chi connectivity index (χ0) is 23.3. The van der Waals surface area contributed by atoms with Crippen LogP contribution in [-0.4, -0.2) is 63.7 Å². The predicted octanol–water partition coefficient (Wildman–Crippen LogP) is 2.80. The van der Waals surface area contributed by atoms with Crippen LogP contribution in [0.2, 0.25) is 0 Å². The van der Waals surface area contributed by atoms with E-state index in [9.17, 15) is 22.8 Å². The van der Waals surface area contributed by atoms with Crippen molar-refractivity contribution in [2.24, 2.45) is 0 Å². The van der Waals surface area contributed by atoms with Crippen LogP contribution in [0.5, 0.6) is 11.5 Å². The Kier molecular flexibility index (Phi) is 7.12. The highest BCUT2D eigenvalue weighted by molar-refractivity contribution is 5.97. The van der Waals surface area contributed by atoms with Gasteiger partial charge in [-0.1, -0.05) is 6.07 Å². The molecule has 0 saturated carbocycles. The number of carbonyl (C=O) groups is 2. The number of halogens is 3. The summed E-state index contributed by atoms with van der Waals surface area (Å²) in [6, 6.07) is 9.82. The zero-order valence-electron chi connectivity index (χ0n) is 17.7. The third kappa shape index (κ3) is 5.43. The number of benzene rings is 2. The molecule has 172 valence electrons. The number of hydrogen-bond acceptors (Lipinski definition) is 5. The number of hydrogen-bond donors (Lipinski definition) is 1. The molecular formula is C22H24F3N3O4. The highest BCUT2D eigenvalue weighted by Gasteiger charge is 2.31. The Hall–Kier alpha value is -3.43. The fraction of sp³-hybridized carbons (Fsp3) is 0.364. The fourth-order valence-electron chi connectivity index (χ4n) is 3.44. The second-order valence-corrected chi connectivity index (χ2v) is 7.17. The van der Waals surface area contributed by atoms with Crippen LogP contribution in [0.3, 0.4) is 0 Å². The lowest BCUT2D eigenvalue weighted by Gasteiger charge is -2.36. The molecule has 2 amide bonds. The van der Waals surface area contributed by atoms with Gasteiger partial charge in [0.1, 0.15) is 0 Å². The van der Waals surface area contributed by atoms with Crippen LogP contribution < -0.4 is 19.7 Å². The number of nitrogens with one attached hydrogen (secondary N) is 1. The Balaban J connectivity index is 1.52. The fourth-order valence-corrected chi connectivity index (χ4v) is 3.44. The maximum atomic E-state index is 12.9. The Morgan fingerprint density at radius 1 is 0.969 bits per heavy atom. The van der Waals surface area contributed by atoms with Gasteiger partial charge >= 0.3 is 6.18 Å². The molecule has 1 fully saturated rings. The van der Waals surface area contributed by atoms with Gasteiger partial charge in [-0.2, -0.15) is 13.2 Å². The van der Waals surface area contributed by atoms with Crippen molar-refractivity contribution in [3.8, 4) is 11.5 Å². The molecular weight excluding hydrogens is 427 g/mol. The summed E-state index contributed by atoms with van der Waals surface area (Å²) in [5, 5.41) is 2.59. The molecule has 1 N–H and O–H groups in total. The van der Waals surface area contributed by atoms with Crippen LogP contribution in [-0.2, 0) is 11.0 Å². The number of anilines is 1. The van der Waals surface area contributed by atoms with Gasteiger partial charge in [0.25, 0.3) is 5.91 Å². The van der Waals surface area contributed by atoms with E-state index in [0.29, 0.717) is 48.9 Å². The number of rotatable bonds is 6. The Labute approximate surface area is 183 Å². The van der Waals surface area contributed by atoms with Gasteiger partial charge in [0.2, 0.25) is 5.91 Å². The number of piperazine rings is 1. The maximum Gasteiger partial charge on any atom is 0.416 e. The number of amides is 2. The third-order valence-electron chi connectivity index (χ3n) is 5.22. The largest absolute Gasteiger partial charge is 0.493 e. The topological polar surface area (TPSA) is 71.1 Å². The predicted molar refractivity (Wildman–Crippen MR) is 112 cm³/mol. The van der Waals surface area contributed by atoms with E-state index in [2.05, 4.69) is 5.32 Å². The van der Waals surface area contributed by atoms with Crippen molar-refractivity contribution >= 4 is 17.5 Å². The van der Waals surface area contributed by atoms with Crippen LogP contribution in [0.25, 0.3) is 0 Å². The first-order valence-corrected chi connectivity index (χ1v) is 9.93. The van der Waals surface area contributed by atoms with Gasteiger partial charge in [-0.3, -0.25) is 9.59 Å². The standard InChI is InChI=1S/C22H24F3N3O4/c1-31-18-7-6-15(12-19(18)32-2)21(30)26-14-20(29)28-10-8-27(9-11-28)17-5-3-4-16(13-17)22(23,24)25/h3-7,12-13H,8-11,14H2,1-2H3,(H,26,30). The van der Waals surface area contributed by atoms with Crippen molar-refractivity contribution in [1.82, 2.24) is 10.2 Å². The minimum atomic E-state index is -4.40. The normalized spacial score (nSPS) is 14.2. The van der Waals surface area contributed by atoms with E-state index in [1.807, 2.05) is 0 Å². The molecule has 0 radical (unpaired) electrons. The molecule has 7 nitrogen and oxygen atoms in total. The van der Waals surface area contributed by atoms with Gasteiger partial charge in [-0.25, -0.2) is 0 Å². The van der Waals surface area contributed by atoms with Crippen molar-refractivity contribution in [3.05, 3.63) is 53.6 Å². The summed E-state index contributed by atoms with van der Waals surface area (Å²) >= 11 is 0. The van der Waals surface area contributed by atoms with Gasteiger partial charge < -0.3 is 24.6 Å². The summed E-state index contributed by atoms with van der Waals surface area (Å²) in [4.78, 5) is 28.2. The molecule has 3 rings (SSSR count). The minimum absolute atomic E-state index is 0.184. The third-order valence-corrected chi connectivity index (χ3v) is 5.22. The first-order chi connectivity index (χ1) is 15.2. The van der Waals surface area contributed by atoms with E-state index in [1.54, 1.807) is 28.0 Å². The lowest BCUT2D eigenvalue weighted by molar-refractivity contribution is -0.137. The molecule has 0 aromatic heterocycles. The quantitative estimate of drug-likeness (QED) is 0.732. The van der Waals surface area contributed by atoms with Crippen LogP contribution in [0, 0.1) is 0 Å². The summed E-state index contributed by atoms with van der Waals surface area (Å²) in [7, 11) is 2.95. The number of nitrogens with zero attached hydrogens (tertiary/aromatic N) is 2. The molecule has 1 aliphatic heterocycles. The van der Waals surface area contributed by atoms with E-state index >= 15 is 0 Å². The van der Waals surface area contributed by atoms with Crippen molar-refractivity contribution in [2.45, 2.75) is 6.18 Å². The average Bonchev–Trinajstić information content (AvgIpc) is 2.81. The molecule has 10 heteroatoms. The van der Waals surface area contributed by atoms with E-state index in [0.717, 1.165) is 12.1 Å². The van der Waals surface area contributed by atoms with Crippen molar-refractivity contribution in [2.75, 3.05) is 51.8 Å². The minimum Gasteiger partial charge on any atom is -0.493 e. The Morgan fingerprint density at radius 2 is 1.66 bits per heavy atom. The second-order valence-electron chi connectivity index (χ2n) is 7.17. The smallest absolute Gasteiger partial charge is 0.416 e. The summed E-state index contributed by atoms with van der Waals surface area (Å²) in [5.74, 6) is 0.195. The van der Waals surface area contributed by atoms with E-state index in [1.165, 1.54) is 26.4 Å². The lowest BCUT2D eigenvalue weighted by Crippen LogP contribution is -2.51. The molecule has 0 unspecified atom stereocenters. The Bertz CT molecular complexity index is 973. The van der Waals surface area contributed by atoms with Gasteiger partial charge in [-0.05, 0) is 36.4 Å². The average molecular weight is 451 g/mol. The van der Waals surface area contributed by atoms with Crippen molar-refractivity contribution < 1.29 is 32.2 Å². The maximum absolute atomic E-state index is 12.9. The zero-order valence-corrected chi connectivity index (χ0v) is 17.7. The molecule has 0 bridgehead atoms. The number of carbonyl (C=O) groups excluding carboxylic acids is 2. The molecule has 2 aromatic carbocycles. The molecule has 1 heterocycles. The highest BCUT2D eigenvalue weighted by Crippen LogP contribution is 2.32. The first kappa shape index (κ1) is 23.2. The molecule has 32 heavy (non-hydrogen) atoms. The second kappa shape index (κ2) is 9.80. The summed E-state index contributed by atoms with van der Waals surface area (Å²) in [6.07, 6.45) is -4.40. The van der Waals surface area contributed by atoms with Gasteiger partial charge in [-0.15, -0.1) is 0 Å². The summed E-state index contributed by atoms with van der Waals surface area (Å²) < 4.78 is 49.1. The lowest BCUT2D eigenvalue weighted by atomic mass is 10.1. The molecule has 0 spiro atoms. The number of alkyl halides is 3. The van der Waals surface area contributed by atoms with Crippen LogP contribution in [0.1, 0.15) is 15.9 Å². The first-order valence-electron chi connectivity index (χ1n) is 9.93. The molecule has 2 aromatic rings. The number of ether oxygens (including phenoxy) is 2. The van der Waals surface area contributed by atoms with Crippen LogP contribution in [0.4, 0.5) is 18.9 Å². The van der Waals surface area contributed by atoms with Gasteiger partial charge in [0, 0.05) is 37.4 Å². The molecule has 1 aliphatic rings. The Morgan fingerprint density at radius 3 is 2.28 bits per heavy atom. The van der Waals surface area contributed by atoms with E-state index < -0.39 is 17.6 Å². The molecule has 0 atom stereocenters. The summed E-state index contributed by atoms with van der Waals surface area (Å²) in [6.45, 7) is 1.31. The van der Waals surface area contributed by atoms with Gasteiger partial charge in [0.05, 0.1) is 26.3 Å². The van der Waals surface area contributed by atoms with Crippen molar-refractivity contribution in [1.29, 1.82) is 0 Å². The van der Waals surface area contributed by atoms with Crippen LogP contribution >= 0.6 is 0 Å². The molecule has 0 aliphatic carbocycles. The van der Waals surface area contributed by atoms with Crippen LogP contribution in [0.15, 0.2) is 42.5 Å². The molecule has 1 saturated heterocycles. The summed E-state index contributed by atoms with van der Waals surface area (Å²) in [5.41, 5.74) is 0.0878. The monoisotopic (exact) mass is 451 g/mol. The van der Waals surface area contributed by atoms with E-state index in [-0.39, 0.29) is 12.5 Å². The number of methoxy groups -OCH3 is 2. The van der Waals surface area contributed by atoms with E-state index in [4.69, 9.17) is 9.47 Å². The highest BCUT2D eigenvalue weighted by atomic mass is 19.4.